The summed E-state index contributed by atoms with van der Waals surface area (Å²) in [5.41, 5.74) is 1.93. The molecule has 0 aromatic heterocycles. The van der Waals surface area contributed by atoms with Crippen LogP contribution in [0.4, 0.5) is 0 Å². The minimum absolute atomic E-state index is 0.133. The van der Waals surface area contributed by atoms with Gasteiger partial charge in [0.05, 0.1) is 6.04 Å². The molecule has 0 saturated carbocycles. The quantitative estimate of drug-likeness (QED) is 0.538. The molecule has 1 aliphatic rings. The Morgan fingerprint density at radius 3 is 2.33 bits per heavy atom. The molecule has 7 heteroatoms. The predicted molar refractivity (Wildman–Crippen MR) is 124 cm³/mol. The first-order chi connectivity index (χ1) is 16.0. The van der Waals surface area contributed by atoms with Gasteiger partial charge in [0, 0.05) is 6.54 Å². The van der Waals surface area contributed by atoms with Crippen molar-refractivity contribution in [1.82, 2.24) is 10.2 Å². The van der Waals surface area contributed by atoms with Crippen LogP contribution >= 0.6 is 0 Å². The van der Waals surface area contributed by atoms with Crippen molar-refractivity contribution in [3.63, 3.8) is 0 Å². The third kappa shape index (κ3) is 8.02. The Hall–Kier alpha value is -3.19. The summed E-state index contributed by atoms with van der Waals surface area (Å²) < 4.78 is 5.35. The maximum Gasteiger partial charge on any atom is 0.325 e. The lowest BCUT2D eigenvalue weighted by molar-refractivity contribution is -0.151. The van der Waals surface area contributed by atoms with E-state index < -0.39 is 24.0 Å². The molecule has 2 aromatic carbocycles. The van der Waals surface area contributed by atoms with Gasteiger partial charge >= 0.3 is 11.9 Å². The lowest BCUT2D eigenvalue weighted by Gasteiger charge is -2.31. The summed E-state index contributed by atoms with van der Waals surface area (Å²) in [6, 6.07) is 17.6. The number of carbonyl (C=O) groups excluding carboxylic acids is 2. The fourth-order valence-corrected chi connectivity index (χ4v) is 4.01. The average molecular weight is 453 g/mol. The smallest absolute Gasteiger partial charge is 0.325 e. The van der Waals surface area contributed by atoms with Crippen LogP contribution in [0.15, 0.2) is 60.7 Å². The van der Waals surface area contributed by atoms with E-state index in [-0.39, 0.29) is 19.1 Å². The number of esters is 1. The molecule has 33 heavy (non-hydrogen) atoms. The lowest BCUT2D eigenvalue weighted by atomic mass is 10.00. The van der Waals surface area contributed by atoms with Crippen molar-refractivity contribution >= 4 is 17.8 Å². The average Bonchev–Trinajstić information content (AvgIpc) is 2.82. The van der Waals surface area contributed by atoms with Gasteiger partial charge in [0.15, 0.2) is 0 Å². The lowest BCUT2D eigenvalue weighted by Crippen LogP contribution is -2.54. The van der Waals surface area contributed by atoms with Gasteiger partial charge in [-0.05, 0) is 36.8 Å². The molecule has 1 heterocycles. The van der Waals surface area contributed by atoms with E-state index in [1.165, 1.54) is 4.90 Å². The predicted octanol–water partition coefficient (Wildman–Crippen LogP) is 3.18. The normalized spacial score (nSPS) is 17.6. The van der Waals surface area contributed by atoms with Crippen molar-refractivity contribution in [3.05, 3.63) is 71.8 Å². The van der Waals surface area contributed by atoms with Crippen molar-refractivity contribution in [3.8, 4) is 0 Å². The summed E-state index contributed by atoms with van der Waals surface area (Å²) in [6.07, 6.45) is 4.08. The van der Waals surface area contributed by atoms with Gasteiger partial charge in [-0.3, -0.25) is 19.7 Å². The number of nitrogens with one attached hydrogen (secondary N) is 1. The van der Waals surface area contributed by atoms with E-state index in [0.29, 0.717) is 25.8 Å². The number of ether oxygens (including phenoxy) is 1. The van der Waals surface area contributed by atoms with Gasteiger partial charge in [-0.25, -0.2) is 0 Å². The van der Waals surface area contributed by atoms with E-state index >= 15 is 0 Å². The Kier molecular flexibility index (Phi) is 9.44. The summed E-state index contributed by atoms with van der Waals surface area (Å²) in [6.45, 7) is 0.481. The number of hydrogen-bond acceptors (Lipinski definition) is 5. The van der Waals surface area contributed by atoms with Gasteiger partial charge in [-0.1, -0.05) is 73.5 Å². The van der Waals surface area contributed by atoms with Gasteiger partial charge < -0.3 is 14.7 Å². The van der Waals surface area contributed by atoms with E-state index in [0.717, 1.165) is 30.4 Å². The zero-order valence-corrected chi connectivity index (χ0v) is 18.8. The van der Waals surface area contributed by atoms with E-state index in [4.69, 9.17) is 4.74 Å². The van der Waals surface area contributed by atoms with Crippen LogP contribution in [0.2, 0.25) is 0 Å². The number of hydrogen-bond donors (Lipinski definition) is 2. The first-order valence-corrected chi connectivity index (χ1v) is 11.5. The second-order valence-corrected chi connectivity index (χ2v) is 8.39. The highest BCUT2D eigenvalue weighted by Crippen LogP contribution is 2.15. The molecule has 1 amide bonds. The molecule has 1 aliphatic heterocycles. The van der Waals surface area contributed by atoms with Crippen LogP contribution in [0.1, 0.15) is 43.2 Å². The second-order valence-electron chi connectivity index (χ2n) is 8.39. The minimum atomic E-state index is -0.977. The molecule has 0 aliphatic carbocycles. The first kappa shape index (κ1) is 24.5. The van der Waals surface area contributed by atoms with Gasteiger partial charge in [-0.2, -0.15) is 0 Å². The Morgan fingerprint density at radius 1 is 1.00 bits per heavy atom. The zero-order valence-electron chi connectivity index (χ0n) is 18.8. The number of aryl methyl sites for hydroxylation is 1. The molecule has 2 aromatic rings. The highest BCUT2D eigenvalue weighted by atomic mass is 16.5. The molecule has 2 unspecified atom stereocenters. The number of carboxylic acid groups (broad SMARTS) is 1. The second kappa shape index (κ2) is 12.7. The first-order valence-electron chi connectivity index (χ1n) is 11.5. The standard InChI is InChI=1S/C26H32N2O5/c29-24(33-19-21-12-6-2-7-13-21)18-28-17-9-3-8-14-22(25(28)30)27-23(26(31)32)16-15-20-10-4-1-5-11-20/h1-2,4-7,10-13,22-23,27H,3,8-9,14-19H2,(H,31,32). The molecule has 0 spiro atoms. The van der Waals surface area contributed by atoms with E-state index in [2.05, 4.69) is 5.32 Å². The Labute approximate surface area is 194 Å². The summed E-state index contributed by atoms with van der Waals surface area (Å²) in [7, 11) is 0. The number of carbonyl (C=O) groups is 3. The van der Waals surface area contributed by atoms with Crippen molar-refractivity contribution in [2.75, 3.05) is 13.1 Å². The molecule has 0 bridgehead atoms. The molecule has 2 N–H and O–H groups in total. The van der Waals surface area contributed by atoms with Crippen LogP contribution in [0.3, 0.4) is 0 Å². The molecule has 3 rings (SSSR count). The number of nitrogens with zero attached hydrogens (tertiary/aromatic N) is 1. The number of carboxylic acids is 1. The Bertz CT molecular complexity index is 903. The van der Waals surface area contributed by atoms with Crippen LogP contribution in [0.25, 0.3) is 0 Å². The maximum absolute atomic E-state index is 13.2. The number of likely N-dealkylation sites (tertiary alicyclic amines) is 1. The summed E-state index contributed by atoms with van der Waals surface area (Å²) in [4.78, 5) is 39.0. The maximum atomic E-state index is 13.2. The van der Waals surface area contributed by atoms with Crippen LogP contribution in [0, 0.1) is 0 Å². The third-order valence-electron chi connectivity index (χ3n) is 5.86. The number of benzene rings is 2. The Morgan fingerprint density at radius 2 is 1.67 bits per heavy atom. The molecule has 0 radical (unpaired) electrons. The number of aliphatic carboxylic acids is 1. The van der Waals surface area contributed by atoms with Crippen LogP contribution < -0.4 is 5.32 Å². The van der Waals surface area contributed by atoms with Crippen molar-refractivity contribution in [2.45, 2.75) is 57.2 Å². The number of amides is 1. The largest absolute Gasteiger partial charge is 0.480 e. The molecule has 1 fully saturated rings. The van der Waals surface area contributed by atoms with Gasteiger partial charge in [0.1, 0.15) is 19.2 Å². The molecular formula is C26H32N2O5. The molecule has 2 atom stereocenters. The van der Waals surface area contributed by atoms with E-state index in [1.807, 2.05) is 60.7 Å². The van der Waals surface area contributed by atoms with Crippen LogP contribution in [0.5, 0.6) is 0 Å². The summed E-state index contributed by atoms with van der Waals surface area (Å²) in [5.74, 6) is -1.68. The van der Waals surface area contributed by atoms with Crippen LogP contribution in [-0.2, 0) is 32.1 Å². The molecule has 1 saturated heterocycles. The van der Waals surface area contributed by atoms with Gasteiger partial charge in [0.2, 0.25) is 5.91 Å². The Balaban J connectivity index is 1.58. The highest BCUT2D eigenvalue weighted by Gasteiger charge is 2.31. The molecule has 176 valence electrons. The zero-order chi connectivity index (χ0) is 23.5. The third-order valence-corrected chi connectivity index (χ3v) is 5.86. The van der Waals surface area contributed by atoms with Gasteiger partial charge in [0.25, 0.3) is 0 Å². The van der Waals surface area contributed by atoms with Crippen molar-refractivity contribution in [2.24, 2.45) is 0 Å². The van der Waals surface area contributed by atoms with Gasteiger partial charge in [-0.15, -0.1) is 0 Å². The van der Waals surface area contributed by atoms with Crippen LogP contribution in [-0.4, -0.2) is 53.0 Å². The fraction of sp³-hybridized carbons (Fsp3) is 0.423. The number of rotatable bonds is 10. The fourth-order valence-electron chi connectivity index (χ4n) is 4.01. The SMILES string of the molecule is O=C(CN1CCCCCC(NC(CCc2ccccc2)C(=O)O)C1=O)OCc1ccccc1. The van der Waals surface area contributed by atoms with E-state index in [1.54, 1.807) is 0 Å². The van der Waals surface area contributed by atoms with Crippen molar-refractivity contribution in [1.29, 1.82) is 0 Å². The molecule has 7 nitrogen and oxygen atoms in total. The summed E-state index contributed by atoms with van der Waals surface area (Å²) in [5, 5.41) is 12.8. The molecular weight excluding hydrogens is 420 g/mol. The van der Waals surface area contributed by atoms with Crippen molar-refractivity contribution < 1.29 is 24.2 Å². The highest BCUT2D eigenvalue weighted by molar-refractivity contribution is 5.86. The summed E-state index contributed by atoms with van der Waals surface area (Å²) >= 11 is 0. The topological polar surface area (TPSA) is 95.9 Å². The monoisotopic (exact) mass is 452 g/mol. The van der Waals surface area contributed by atoms with E-state index in [9.17, 15) is 19.5 Å². The minimum Gasteiger partial charge on any atom is -0.480 e.